The first-order valence-electron chi connectivity index (χ1n) is 6.98. The van der Waals surface area contributed by atoms with Gasteiger partial charge in [-0.3, -0.25) is 10.1 Å². The molecule has 1 atom stereocenters. The number of thioether (sulfide) groups is 1. The lowest BCUT2D eigenvalue weighted by molar-refractivity contribution is -0.143. The highest BCUT2D eigenvalue weighted by molar-refractivity contribution is 7.99. The van der Waals surface area contributed by atoms with Crippen LogP contribution in [0.1, 0.15) is 46.1 Å². The molecule has 0 amide bonds. The summed E-state index contributed by atoms with van der Waals surface area (Å²) in [7, 11) is 0. The van der Waals surface area contributed by atoms with Crippen molar-refractivity contribution in [2.45, 2.75) is 57.0 Å². The first kappa shape index (κ1) is 17.1. The fourth-order valence-electron chi connectivity index (χ4n) is 1.98. The Morgan fingerprint density at radius 2 is 1.80 bits per heavy atom. The Bertz CT molecular complexity index is 442. The molecule has 0 saturated heterocycles. The molecule has 0 bridgehead atoms. The third-order valence-corrected chi connectivity index (χ3v) is 4.48. The van der Waals surface area contributed by atoms with Crippen LogP contribution in [0.25, 0.3) is 0 Å². The van der Waals surface area contributed by atoms with Crippen molar-refractivity contribution < 1.29 is 9.90 Å². The van der Waals surface area contributed by atoms with E-state index in [-0.39, 0.29) is 6.04 Å². The van der Waals surface area contributed by atoms with Crippen LogP contribution in [0.5, 0.6) is 0 Å². The van der Waals surface area contributed by atoms with Gasteiger partial charge in [0.15, 0.2) is 0 Å². The summed E-state index contributed by atoms with van der Waals surface area (Å²) in [6.07, 6.45) is 0. The predicted molar refractivity (Wildman–Crippen MR) is 85.6 cm³/mol. The van der Waals surface area contributed by atoms with Gasteiger partial charge >= 0.3 is 5.97 Å². The minimum atomic E-state index is -0.907. The van der Waals surface area contributed by atoms with Crippen LogP contribution in [0, 0.1) is 0 Å². The maximum absolute atomic E-state index is 11.4. The molecule has 0 spiro atoms. The van der Waals surface area contributed by atoms with Crippen LogP contribution in [0.15, 0.2) is 29.2 Å². The lowest BCUT2D eigenvalue weighted by Crippen LogP contribution is -2.54. The number of benzene rings is 1. The standard InChI is InChI=1S/C16H25NO2S/c1-11(2)13-6-8-14(9-7-13)20-10-16(5,15(18)19)17-12(3)4/h6-9,11-12,17H,10H2,1-5H3,(H,18,19). The zero-order chi connectivity index (χ0) is 15.3. The second-order valence-corrected chi connectivity index (χ2v) is 7.00. The van der Waals surface area contributed by atoms with Gasteiger partial charge in [-0.2, -0.15) is 0 Å². The summed E-state index contributed by atoms with van der Waals surface area (Å²) in [4.78, 5) is 12.5. The topological polar surface area (TPSA) is 49.3 Å². The molecule has 1 aromatic rings. The Labute approximate surface area is 126 Å². The van der Waals surface area contributed by atoms with Gasteiger partial charge in [-0.15, -0.1) is 11.8 Å². The summed E-state index contributed by atoms with van der Waals surface area (Å²) >= 11 is 1.57. The van der Waals surface area contributed by atoms with E-state index < -0.39 is 11.5 Å². The molecule has 0 aromatic heterocycles. The van der Waals surface area contributed by atoms with E-state index in [4.69, 9.17) is 0 Å². The molecule has 1 rings (SSSR count). The molecule has 4 heteroatoms. The molecule has 0 fully saturated rings. The van der Waals surface area contributed by atoms with Gasteiger partial charge in [-0.05, 0) is 44.4 Å². The van der Waals surface area contributed by atoms with Crippen LogP contribution in [-0.4, -0.2) is 28.4 Å². The Balaban J connectivity index is 2.70. The fourth-order valence-corrected chi connectivity index (χ4v) is 2.97. The van der Waals surface area contributed by atoms with Crippen LogP contribution < -0.4 is 5.32 Å². The second kappa shape index (κ2) is 7.14. The van der Waals surface area contributed by atoms with Crippen molar-refractivity contribution in [3.8, 4) is 0 Å². The summed E-state index contributed by atoms with van der Waals surface area (Å²) in [6, 6.07) is 8.50. The Morgan fingerprint density at radius 1 is 1.25 bits per heavy atom. The van der Waals surface area contributed by atoms with Crippen molar-refractivity contribution in [2.24, 2.45) is 0 Å². The summed E-state index contributed by atoms with van der Waals surface area (Å²) in [5.74, 6) is 0.208. The second-order valence-electron chi connectivity index (χ2n) is 5.95. The lowest BCUT2D eigenvalue weighted by atomic mass is 10.0. The third kappa shape index (κ3) is 4.84. The largest absolute Gasteiger partial charge is 0.480 e. The molecule has 3 nitrogen and oxygen atoms in total. The van der Waals surface area contributed by atoms with Crippen LogP contribution in [0.3, 0.4) is 0 Å². The van der Waals surface area contributed by atoms with Gasteiger partial charge in [0, 0.05) is 16.7 Å². The van der Waals surface area contributed by atoms with E-state index in [0.717, 1.165) is 4.90 Å². The molecule has 0 aliphatic heterocycles. The van der Waals surface area contributed by atoms with Gasteiger partial charge in [-0.25, -0.2) is 0 Å². The maximum atomic E-state index is 11.4. The first-order chi connectivity index (χ1) is 9.24. The van der Waals surface area contributed by atoms with E-state index in [1.54, 1.807) is 18.7 Å². The van der Waals surface area contributed by atoms with Crippen LogP contribution in [0.4, 0.5) is 0 Å². The zero-order valence-electron chi connectivity index (χ0n) is 12.9. The Hall–Kier alpha value is -1.00. The Kier molecular flexibility index (Phi) is 6.08. The van der Waals surface area contributed by atoms with E-state index >= 15 is 0 Å². The van der Waals surface area contributed by atoms with Crippen molar-refractivity contribution >= 4 is 17.7 Å². The van der Waals surface area contributed by atoms with Gasteiger partial charge in [0.1, 0.15) is 5.54 Å². The molecule has 112 valence electrons. The maximum Gasteiger partial charge on any atom is 0.324 e. The van der Waals surface area contributed by atoms with E-state index in [9.17, 15) is 9.90 Å². The molecule has 0 aliphatic rings. The van der Waals surface area contributed by atoms with Crippen molar-refractivity contribution in [3.63, 3.8) is 0 Å². The normalized spacial score (nSPS) is 14.6. The molecule has 20 heavy (non-hydrogen) atoms. The number of rotatable bonds is 7. The minimum absolute atomic E-state index is 0.139. The molecule has 2 N–H and O–H groups in total. The van der Waals surface area contributed by atoms with Crippen molar-refractivity contribution in [1.82, 2.24) is 5.32 Å². The monoisotopic (exact) mass is 295 g/mol. The molecule has 0 saturated carbocycles. The average Bonchev–Trinajstić information content (AvgIpc) is 2.36. The van der Waals surface area contributed by atoms with E-state index in [1.165, 1.54) is 5.56 Å². The minimum Gasteiger partial charge on any atom is -0.480 e. The summed E-state index contributed by atoms with van der Waals surface area (Å²) < 4.78 is 0. The van der Waals surface area contributed by atoms with E-state index in [0.29, 0.717) is 11.7 Å². The van der Waals surface area contributed by atoms with Crippen molar-refractivity contribution in [2.75, 3.05) is 5.75 Å². The van der Waals surface area contributed by atoms with Gasteiger partial charge in [0.05, 0.1) is 0 Å². The molecular formula is C16H25NO2S. The van der Waals surface area contributed by atoms with Crippen LogP contribution in [0.2, 0.25) is 0 Å². The highest BCUT2D eigenvalue weighted by Crippen LogP contribution is 2.25. The van der Waals surface area contributed by atoms with Crippen molar-refractivity contribution in [1.29, 1.82) is 0 Å². The Morgan fingerprint density at radius 3 is 2.20 bits per heavy atom. The fraction of sp³-hybridized carbons (Fsp3) is 0.562. The highest BCUT2D eigenvalue weighted by Gasteiger charge is 2.33. The van der Waals surface area contributed by atoms with Crippen LogP contribution in [-0.2, 0) is 4.79 Å². The van der Waals surface area contributed by atoms with Crippen molar-refractivity contribution in [3.05, 3.63) is 29.8 Å². The van der Waals surface area contributed by atoms with Gasteiger partial charge < -0.3 is 5.11 Å². The SMILES string of the molecule is CC(C)NC(C)(CSc1ccc(C(C)C)cc1)C(=O)O. The van der Waals surface area contributed by atoms with Crippen LogP contribution >= 0.6 is 11.8 Å². The van der Waals surface area contributed by atoms with Gasteiger partial charge in [-0.1, -0.05) is 26.0 Å². The van der Waals surface area contributed by atoms with Gasteiger partial charge in [0.25, 0.3) is 0 Å². The number of aliphatic carboxylic acids is 1. The molecule has 0 radical (unpaired) electrons. The quantitative estimate of drug-likeness (QED) is 0.752. The average molecular weight is 295 g/mol. The summed E-state index contributed by atoms with van der Waals surface area (Å²) in [6.45, 7) is 9.99. The zero-order valence-corrected chi connectivity index (χ0v) is 13.8. The molecule has 0 heterocycles. The number of hydrogen-bond acceptors (Lipinski definition) is 3. The molecular weight excluding hydrogens is 270 g/mol. The summed E-state index contributed by atoms with van der Waals surface area (Å²) in [5, 5.41) is 12.5. The smallest absolute Gasteiger partial charge is 0.324 e. The van der Waals surface area contributed by atoms with E-state index in [1.807, 2.05) is 13.8 Å². The predicted octanol–water partition coefficient (Wildman–Crippen LogP) is 3.74. The number of nitrogens with one attached hydrogen (secondary N) is 1. The highest BCUT2D eigenvalue weighted by atomic mass is 32.2. The van der Waals surface area contributed by atoms with E-state index in [2.05, 4.69) is 43.4 Å². The molecule has 1 unspecified atom stereocenters. The number of hydrogen-bond donors (Lipinski definition) is 2. The third-order valence-electron chi connectivity index (χ3n) is 3.15. The van der Waals surface area contributed by atoms with Gasteiger partial charge in [0.2, 0.25) is 0 Å². The molecule has 1 aromatic carbocycles. The number of carboxylic acid groups (broad SMARTS) is 1. The summed E-state index contributed by atoms with van der Waals surface area (Å²) in [5.41, 5.74) is 0.394. The number of carbonyl (C=O) groups is 1. The molecule has 0 aliphatic carbocycles. The lowest BCUT2D eigenvalue weighted by Gasteiger charge is -2.28. The first-order valence-corrected chi connectivity index (χ1v) is 7.97. The number of carboxylic acids is 1.